The summed E-state index contributed by atoms with van der Waals surface area (Å²) in [6.45, 7) is 4.72. The monoisotopic (exact) mass is 328 g/mol. The van der Waals surface area contributed by atoms with E-state index in [1.807, 2.05) is 18.2 Å². The molecular formula is C20H22F2N2. The van der Waals surface area contributed by atoms with Crippen LogP contribution in [0.3, 0.4) is 0 Å². The summed E-state index contributed by atoms with van der Waals surface area (Å²) >= 11 is 0. The lowest BCUT2D eigenvalue weighted by atomic mass is 10.1. The van der Waals surface area contributed by atoms with Crippen molar-refractivity contribution < 1.29 is 8.78 Å². The third-order valence-electron chi connectivity index (χ3n) is 4.38. The molecule has 0 spiro atoms. The van der Waals surface area contributed by atoms with Gasteiger partial charge < -0.3 is 0 Å². The summed E-state index contributed by atoms with van der Waals surface area (Å²) in [7, 11) is 0. The molecule has 0 atom stereocenters. The van der Waals surface area contributed by atoms with Gasteiger partial charge in [-0.3, -0.25) is 9.80 Å². The zero-order chi connectivity index (χ0) is 16.8. The van der Waals surface area contributed by atoms with Crippen LogP contribution in [0.5, 0.6) is 0 Å². The number of rotatable bonds is 5. The van der Waals surface area contributed by atoms with Crippen molar-refractivity contribution in [1.82, 2.24) is 9.80 Å². The van der Waals surface area contributed by atoms with E-state index < -0.39 is 11.6 Å². The van der Waals surface area contributed by atoms with Crippen LogP contribution in [0.4, 0.5) is 8.78 Å². The van der Waals surface area contributed by atoms with Crippen LogP contribution in [0, 0.1) is 11.6 Å². The zero-order valence-corrected chi connectivity index (χ0v) is 13.7. The van der Waals surface area contributed by atoms with Gasteiger partial charge in [-0.05, 0) is 17.7 Å². The molecule has 2 aromatic rings. The first-order chi connectivity index (χ1) is 11.7. The van der Waals surface area contributed by atoms with Gasteiger partial charge in [0.05, 0.1) is 0 Å². The fraction of sp³-hybridized carbons (Fsp3) is 0.300. The minimum Gasteiger partial charge on any atom is -0.297 e. The van der Waals surface area contributed by atoms with Crippen LogP contribution in [0.1, 0.15) is 11.1 Å². The Balaban J connectivity index is 1.47. The molecule has 2 aromatic carbocycles. The molecule has 0 unspecified atom stereocenters. The summed E-state index contributed by atoms with van der Waals surface area (Å²) in [5.41, 5.74) is 1.38. The minimum absolute atomic E-state index is 0.176. The number of hydrogen-bond acceptors (Lipinski definition) is 2. The molecule has 126 valence electrons. The van der Waals surface area contributed by atoms with Gasteiger partial charge in [-0.25, -0.2) is 8.78 Å². The van der Waals surface area contributed by atoms with Gasteiger partial charge in [-0.1, -0.05) is 48.6 Å². The molecule has 3 rings (SSSR count). The topological polar surface area (TPSA) is 6.48 Å². The molecule has 2 nitrogen and oxygen atoms in total. The molecule has 1 aliphatic rings. The lowest BCUT2D eigenvalue weighted by molar-refractivity contribution is 0.134. The smallest absolute Gasteiger partial charge is 0.130 e. The molecule has 4 heteroatoms. The second-order valence-corrected chi connectivity index (χ2v) is 6.09. The van der Waals surface area contributed by atoms with Crippen molar-refractivity contribution in [3.05, 3.63) is 77.4 Å². The van der Waals surface area contributed by atoms with Crippen molar-refractivity contribution in [1.29, 1.82) is 0 Å². The SMILES string of the molecule is Fc1cccc(F)c1CN1CCN(C/C=C/c2ccccc2)CC1. The van der Waals surface area contributed by atoms with Crippen molar-refractivity contribution in [3.63, 3.8) is 0 Å². The fourth-order valence-corrected chi connectivity index (χ4v) is 2.94. The molecular weight excluding hydrogens is 306 g/mol. The molecule has 24 heavy (non-hydrogen) atoms. The summed E-state index contributed by atoms with van der Waals surface area (Å²) in [4.78, 5) is 4.46. The van der Waals surface area contributed by atoms with Crippen molar-refractivity contribution in [3.8, 4) is 0 Å². The Hall–Kier alpha value is -2.04. The van der Waals surface area contributed by atoms with E-state index in [9.17, 15) is 8.78 Å². The van der Waals surface area contributed by atoms with Gasteiger partial charge in [0.25, 0.3) is 0 Å². The van der Waals surface area contributed by atoms with E-state index in [0.717, 1.165) is 32.7 Å². The highest BCUT2D eigenvalue weighted by molar-refractivity contribution is 5.48. The third-order valence-corrected chi connectivity index (χ3v) is 4.38. The van der Waals surface area contributed by atoms with Gasteiger partial charge in [0.15, 0.2) is 0 Å². The Labute approximate surface area is 142 Å². The van der Waals surface area contributed by atoms with E-state index >= 15 is 0 Å². The largest absolute Gasteiger partial charge is 0.297 e. The Kier molecular flexibility index (Phi) is 5.72. The Morgan fingerprint density at radius 1 is 0.792 bits per heavy atom. The summed E-state index contributed by atoms with van der Waals surface area (Å²) in [6, 6.07) is 14.3. The third kappa shape index (κ3) is 4.49. The molecule has 0 N–H and O–H groups in total. The van der Waals surface area contributed by atoms with Crippen LogP contribution in [0.15, 0.2) is 54.6 Å². The summed E-state index contributed by atoms with van der Waals surface area (Å²) in [6.07, 6.45) is 4.29. The number of piperazine rings is 1. The van der Waals surface area contributed by atoms with Gasteiger partial charge in [-0.15, -0.1) is 0 Å². The van der Waals surface area contributed by atoms with Crippen molar-refractivity contribution >= 4 is 6.08 Å². The van der Waals surface area contributed by atoms with Crippen LogP contribution >= 0.6 is 0 Å². The first-order valence-electron chi connectivity index (χ1n) is 8.31. The quantitative estimate of drug-likeness (QED) is 0.824. The van der Waals surface area contributed by atoms with E-state index in [4.69, 9.17) is 0 Å². The molecule has 1 heterocycles. The van der Waals surface area contributed by atoms with Crippen molar-refractivity contribution in [2.75, 3.05) is 32.7 Å². The maximum atomic E-state index is 13.7. The molecule has 1 aliphatic heterocycles. The molecule has 0 aromatic heterocycles. The molecule has 0 bridgehead atoms. The van der Waals surface area contributed by atoms with Crippen LogP contribution in [-0.4, -0.2) is 42.5 Å². The second-order valence-electron chi connectivity index (χ2n) is 6.09. The van der Waals surface area contributed by atoms with Crippen LogP contribution in [0.25, 0.3) is 6.08 Å². The Morgan fingerprint density at radius 2 is 1.42 bits per heavy atom. The normalized spacial score (nSPS) is 16.8. The zero-order valence-electron chi connectivity index (χ0n) is 13.7. The summed E-state index contributed by atoms with van der Waals surface area (Å²) in [5, 5.41) is 0. The molecule has 1 saturated heterocycles. The van der Waals surface area contributed by atoms with Gasteiger partial charge in [0.2, 0.25) is 0 Å². The van der Waals surface area contributed by atoms with E-state index in [1.54, 1.807) is 0 Å². The highest BCUT2D eigenvalue weighted by Crippen LogP contribution is 2.16. The minimum atomic E-state index is -0.455. The van der Waals surface area contributed by atoms with Crippen LogP contribution in [0.2, 0.25) is 0 Å². The van der Waals surface area contributed by atoms with Gasteiger partial charge in [0.1, 0.15) is 11.6 Å². The highest BCUT2D eigenvalue weighted by Gasteiger charge is 2.18. The van der Waals surface area contributed by atoms with Crippen LogP contribution in [-0.2, 0) is 6.54 Å². The number of halogens is 2. The fourth-order valence-electron chi connectivity index (χ4n) is 2.94. The first-order valence-corrected chi connectivity index (χ1v) is 8.31. The molecule has 0 radical (unpaired) electrons. The maximum Gasteiger partial charge on any atom is 0.130 e. The van der Waals surface area contributed by atoms with E-state index in [-0.39, 0.29) is 5.56 Å². The number of hydrogen-bond donors (Lipinski definition) is 0. The molecule has 0 saturated carbocycles. The van der Waals surface area contributed by atoms with Gasteiger partial charge in [-0.2, -0.15) is 0 Å². The second kappa shape index (κ2) is 8.18. The van der Waals surface area contributed by atoms with Crippen molar-refractivity contribution in [2.45, 2.75) is 6.54 Å². The Morgan fingerprint density at radius 3 is 2.08 bits per heavy atom. The van der Waals surface area contributed by atoms with E-state index in [0.29, 0.717) is 6.54 Å². The van der Waals surface area contributed by atoms with E-state index in [1.165, 1.54) is 23.8 Å². The molecule has 0 aliphatic carbocycles. The van der Waals surface area contributed by atoms with Gasteiger partial charge >= 0.3 is 0 Å². The van der Waals surface area contributed by atoms with E-state index in [2.05, 4.69) is 34.1 Å². The lowest BCUT2D eigenvalue weighted by Crippen LogP contribution is -2.45. The predicted octanol–water partition coefficient (Wildman–Crippen LogP) is 3.80. The average Bonchev–Trinajstić information content (AvgIpc) is 2.61. The average molecular weight is 328 g/mol. The van der Waals surface area contributed by atoms with Crippen LogP contribution < -0.4 is 0 Å². The lowest BCUT2D eigenvalue weighted by Gasteiger charge is -2.34. The van der Waals surface area contributed by atoms with Crippen molar-refractivity contribution in [2.24, 2.45) is 0 Å². The summed E-state index contributed by atoms with van der Waals surface area (Å²) in [5.74, 6) is -0.911. The Bertz CT molecular complexity index is 657. The molecule has 0 amide bonds. The standard InChI is InChI=1S/C20H22F2N2/c21-19-9-4-10-20(22)18(19)16-24-14-12-23(13-15-24)11-5-8-17-6-2-1-3-7-17/h1-10H,11-16H2/b8-5+. The molecule has 1 fully saturated rings. The highest BCUT2D eigenvalue weighted by atomic mass is 19.1. The number of benzene rings is 2. The van der Waals surface area contributed by atoms with Gasteiger partial charge in [0, 0.05) is 44.8 Å². The number of nitrogens with zero attached hydrogens (tertiary/aromatic N) is 2. The predicted molar refractivity (Wildman–Crippen MR) is 93.6 cm³/mol. The maximum absolute atomic E-state index is 13.7. The summed E-state index contributed by atoms with van der Waals surface area (Å²) < 4.78 is 27.4. The first kappa shape index (κ1) is 16.8.